The van der Waals surface area contributed by atoms with E-state index in [1.54, 1.807) is 28.4 Å². The molecule has 9 rings (SSSR count). The third kappa shape index (κ3) is 6.51. The average molecular weight is 743 g/mol. The highest BCUT2D eigenvalue weighted by Crippen LogP contribution is 2.39. The SMILES string of the molecule is COc1ccc(C2=C3CCC(N3)C(c3ccc(OC)cc3)=c3ccc([nH]3)=C(c3ccc(OC)cc3)C3CCC(=C(c4ccc(OC)cc4)c4ccc2[nH]4)N3)cc1. The maximum atomic E-state index is 5.57. The van der Waals surface area contributed by atoms with Crippen LogP contribution in [0.2, 0.25) is 0 Å². The van der Waals surface area contributed by atoms with Crippen molar-refractivity contribution in [2.24, 2.45) is 0 Å². The number of methoxy groups -OCH3 is 4. The van der Waals surface area contributed by atoms with Gasteiger partial charge in [-0.15, -0.1) is 0 Å². The fourth-order valence-corrected chi connectivity index (χ4v) is 8.64. The van der Waals surface area contributed by atoms with Gasteiger partial charge in [-0.1, -0.05) is 48.5 Å². The summed E-state index contributed by atoms with van der Waals surface area (Å²) in [7, 11) is 6.84. The smallest absolute Gasteiger partial charge is 0.118 e. The number of hydrogen-bond donors (Lipinski definition) is 4. The molecule has 8 nitrogen and oxygen atoms in total. The van der Waals surface area contributed by atoms with Gasteiger partial charge in [-0.25, -0.2) is 0 Å². The molecule has 2 fully saturated rings. The van der Waals surface area contributed by atoms with Crippen LogP contribution in [0.5, 0.6) is 23.0 Å². The van der Waals surface area contributed by atoms with Crippen LogP contribution in [-0.4, -0.2) is 50.5 Å². The van der Waals surface area contributed by atoms with E-state index in [1.807, 2.05) is 48.5 Å². The van der Waals surface area contributed by atoms with Gasteiger partial charge in [0.2, 0.25) is 0 Å². The van der Waals surface area contributed by atoms with Crippen molar-refractivity contribution in [2.45, 2.75) is 37.8 Å². The molecule has 8 bridgehead atoms. The van der Waals surface area contributed by atoms with Crippen LogP contribution in [-0.2, 0) is 0 Å². The van der Waals surface area contributed by atoms with Crippen molar-refractivity contribution >= 4 is 22.3 Å². The van der Waals surface area contributed by atoms with E-state index < -0.39 is 0 Å². The summed E-state index contributed by atoms with van der Waals surface area (Å²) in [6.45, 7) is 0. The molecule has 8 heteroatoms. The van der Waals surface area contributed by atoms with Crippen molar-refractivity contribution in [3.05, 3.63) is 177 Å². The first-order valence-corrected chi connectivity index (χ1v) is 19.2. The lowest BCUT2D eigenvalue weighted by molar-refractivity contribution is 0.414. The minimum atomic E-state index is 0.0517. The molecule has 5 heterocycles. The van der Waals surface area contributed by atoms with Crippen LogP contribution in [0.1, 0.15) is 59.3 Å². The Hall–Kier alpha value is -6.54. The van der Waals surface area contributed by atoms with Gasteiger partial charge in [-0.2, -0.15) is 0 Å². The van der Waals surface area contributed by atoms with Crippen molar-refractivity contribution in [1.82, 2.24) is 20.6 Å². The lowest BCUT2D eigenvalue weighted by Gasteiger charge is -2.20. The van der Waals surface area contributed by atoms with E-state index in [0.29, 0.717) is 0 Å². The zero-order valence-electron chi connectivity index (χ0n) is 32.2. The third-order valence-electron chi connectivity index (χ3n) is 11.4. The quantitative estimate of drug-likeness (QED) is 0.129. The number of aromatic amines is 2. The third-order valence-corrected chi connectivity index (χ3v) is 11.4. The first-order chi connectivity index (χ1) is 27.5. The van der Waals surface area contributed by atoms with Gasteiger partial charge < -0.3 is 39.5 Å². The molecular formula is C48H46N4O4. The molecule has 0 aliphatic carbocycles. The van der Waals surface area contributed by atoms with Crippen LogP contribution in [0, 0.1) is 0 Å². The molecule has 56 heavy (non-hydrogen) atoms. The summed E-state index contributed by atoms with van der Waals surface area (Å²) in [6, 6.07) is 42.7. The number of aromatic nitrogens is 2. The van der Waals surface area contributed by atoms with Crippen LogP contribution < -0.4 is 40.3 Å². The van der Waals surface area contributed by atoms with Crippen molar-refractivity contribution in [3.63, 3.8) is 0 Å². The highest BCUT2D eigenvalue weighted by atomic mass is 16.5. The summed E-state index contributed by atoms with van der Waals surface area (Å²) in [5, 5.41) is 10.3. The minimum absolute atomic E-state index is 0.0517. The number of allylic oxidation sites excluding steroid dienone is 2. The van der Waals surface area contributed by atoms with Crippen molar-refractivity contribution < 1.29 is 18.9 Å². The van der Waals surface area contributed by atoms with Gasteiger partial charge >= 0.3 is 0 Å². The Balaban J connectivity index is 1.32. The summed E-state index contributed by atoms with van der Waals surface area (Å²) in [5.41, 5.74) is 13.8. The number of fused-ring (bicyclic) bond motifs is 8. The van der Waals surface area contributed by atoms with Gasteiger partial charge in [0.25, 0.3) is 0 Å². The molecule has 0 amide bonds. The van der Waals surface area contributed by atoms with Gasteiger partial charge in [0.1, 0.15) is 23.0 Å². The molecule has 3 aliphatic rings. The van der Waals surface area contributed by atoms with Gasteiger partial charge in [0, 0.05) is 55.8 Å². The Morgan fingerprint density at radius 1 is 0.393 bits per heavy atom. The van der Waals surface area contributed by atoms with E-state index in [9.17, 15) is 0 Å². The molecular weight excluding hydrogens is 697 g/mol. The second-order valence-corrected chi connectivity index (χ2v) is 14.5. The maximum absolute atomic E-state index is 5.57. The Morgan fingerprint density at radius 2 is 0.732 bits per heavy atom. The number of nitrogens with one attached hydrogen (secondary N) is 4. The molecule has 2 unspecified atom stereocenters. The number of rotatable bonds is 8. The summed E-state index contributed by atoms with van der Waals surface area (Å²) in [6.07, 6.45) is 3.62. The maximum Gasteiger partial charge on any atom is 0.118 e. The highest BCUT2D eigenvalue weighted by Gasteiger charge is 2.31. The molecule has 6 aromatic rings. The van der Waals surface area contributed by atoms with E-state index in [2.05, 4.69) is 93.4 Å². The van der Waals surface area contributed by atoms with Crippen LogP contribution in [0.25, 0.3) is 22.3 Å². The molecule has 2 aromatic heterocycles. The van der Waals surface area contributed by atoms with E-state index in [-0.39, 0.29) is 12.1 Å². The largest absolute Gasteiger partial charge is 0.497 e. The zero-order valence-corrected chi connectivity index (χ0v) is 32.2. The minimum Gasteiger partial charge on any atom is -0.497 e. The number of H-pyrrole nitrogens is 2. The molecule has 2 saturated heterocycles. The van der Waals surface area contributed by atoms with E-state index >= 15 is 0 Å². The highest BCUT2D eigenvalue weighted by molar-refractivity contribution is 5.86. The van der Waals surface area contributed by atoms with Crippen LogP contribution in [0.4, 0.5) is 0 Å². The second-order valence-electron chi connectivity index (χ2n) is 14.5. The first-order valence-electron chi connectivity index (χ1n) is 19.2. The Labute approximate surface area is 327 Å². The van der Waals surface area contributed by atoms with E-state index in [0.717, 1.165) is 104 Å². The predicted molar refractivity (Wildman–Crippen MR) is 222 cm³/mol. The molecule has 282 valence electrons. The molecule has 0 radical (unpaired) electrons. The van der Waals surface area contributed by atoms with Crippen molar-refractivity contribution in [3.8, 4) is 23.0 Å². The molecule has 0 spiro atoms. The van der Waals surface area contributed by atoms with Crippen LogP contribution >= 0.6 is 0 Å². The molecule has 0 saturated carbocycles. The summed E-state index contributed by atoms with van der Waals surface area (Å²) < 4.78 is 22.3. The Morgan fingerprint density at radius 3 is 1.07 bits per heavy atom. The predicted octanol–water partition coefficient (Wildman–Crippen LogP) is 7.51. The molecule has 4 N–H and O–H groups in total. The fraction of sp³-hybridized carbons (Fsp3) is 0.208. The summed E-state index contributed by atoms with van der Waals surface area (Å²) in [4.78, 5) is 7.87. The standard InChI is InChI=1S/C48H46N4O4/c1-53-33-13-5-29(6-14-33)45-37-21-23-39(49-37)46(30-7-15-34(54-2)16-8-30)41-25-27-43(51-41)48(32-11-19-36(56-4)20-12-32)44-28-26-42(52-44)47(40-24-22-38(45)50-40)31-9-17-35(55-3)18-10-31/h5-21,23,26,28,38,41,49-52H,22,24-25,27H2,1-4H3. The van der Waals surface area contributed by atoms with Crippen LogP contribution in [0.15, 0.2) is 133 Å². The fourth-order valence-electron chi connectivity index (χ4n) is 8.64. The second kappa shape index (κ2) is 14.9. The topological polar surface area (TPSA) is 92.6 Å². The zero-order chi connectivity index (χ0) is 38.2. The monoisotopic (exact) mass is 742 g/mol. The van der Waals surface area contributed by atoms with E-state index in [4.69, 9.17) is 18.9 Å². The molecule has 2 atom stereocenters. The van der Waals surface area contributed by atoms with Gasteiger partial charge in [-0.05, 0) is 121 Å². The number of hydrogen-bond acceptors (Lipinski definition) is 6. The van der Waals surface area contributed by atoms with Gasteiger partial charge in [0.15, 0.2) is 0 Å². The first kappa shape index (κ1) is 35.2. The molecule has 3 aliphatic heterocycles. The van der Waals surface area contributed by atoms with E-state index in [1.165, 1.54) is 22.5 Å². The number of ether oxygens (including phenoxy) is 4. The Bertz CT molecular complexity index is 2380. The Kier molecular flexibility index (Phi) is 9.39. The number of benzene rings is 4. The lowest BCUT2D eigenvalue weighted by Crippen LogP contribution is -2.31. The van der Waals surface area contributed by atoms with Crippen molar-refractivity contribution in [1.29, 1.82) is 0 Å². The summed E-state index contributed by atoms with van der Waals surface area (Å²) in [5.74, 6) is 3.32. The van der Waals surface area contributed by atoms with Crippen molar-refractivity contribution in [2.75, 3.05) is 28.4 Å². The van der Waals surface area contributed by atoms with Crippen LogP contribution in [0.3, 0.4) is 0 Å². The normalized spacial score (nSPS) is 17.8. The van der Waals surface area contributed by atoms with Gasteiger partial charge in [-0.3, -0.25) is 0 Å². The molecule has 4 aromatic carbocycles. The summed E-state index contributed by atoms with van der Waals surface area (Å²) >= 11 is 0. The average Bonchev–Trinajstić information content (AvgIpc) is 4.10. The van der Waals surface area contributed by atoms with Gasteiger partial charge in [0.05, 0.1) is 40.5 Å². The lowest BCUT2D eigenvalue weighted by atomic mass is 9.96.